The van der Waals surface area contributed by atoms with Crippen LogP contribution in [0.1, 0.15) is 5.56 Å². The van der Waals surface area contributed by atoms with Gasteiger partial charge in [-0.1, -0.05) is 24.3 Å². The van der Waals surface area contributed by atoms with Crippen LogP contribution in [0.5, 0.6) is 0 Å². The van der Waals surface area contributed by atoms with E-state index in [2.05, 4.69) is 4.98 Å². The zero-order valence-corrected chi connectivity index (χ0v) is 10.3. The highest BCUT2D eigenvalue weighted by atomic mass is 19.1. The van der Waals surface area contributed by atoms with E-state index in [0.29, 0.717) is 12.1 Å². The number of pyridine rings is 1. The van der Waals surface area contributed by atoms with Crippen LogP contribution in [-0.4, -0.2) is 4.98 Å². The van der Waals surface area contributed by atoms with Crippen LogP contribution in [0.25, 0.3) is 22.0 Å². The number of nitrogens with two attached hydrogens (primary N) is 1. The zero-order chi connectivity index (χ0) is 13.2. The Labute approximate surface area is 110 Å². The summed E-state index contributed by atoms with van der Waals surface area (Å²) in [4.78, 5) is 4.29. The molecular formula is C16H13FN2. The molecule has 1 heterocycles. The molecule has 0 atom stereocenters. The van der Waals surface area contributed by atoms with E-state index in [1.165, 1.54) is 6.07 Å². The molecule has 19 heavy (non-hydrogen) atoms. The number of fused-ring (bicyclic) bond motifs is 1. The lowest BCUT2D eigenvalue weighted by atomic mass is 9.98. The molecule has 0 saturated heterocycles. The standard InChI is InChI=1S/C16H13FN2/c17-15-7-6-11(10-18)9-14(15)12-3-1-5-16-13(12)4-2-8-19-16/h1-9H,10,18H2. The fourth-order valence-electron chi connectivity index (χ4n) is 2.24. The van der Waals surface area contributed by atoms with Crippen LogP contribution in [0, 0.1) is 5.82 Å². The summed E-state index contributed by atoms with van der Waals surface area (Å²) in [5.74, 6) is -0.242. The molecule has 0 radical (unpaired) electrons. The molecule has 0 spiro atoms. The quantitative estimate of drug-likeness (QED) is 0.758. The first-order valence-corrected chi connectivity index (χ1v) is 6.12. The number of nitrogens with zero attached hydrogens (tertiary/aromatic N) is 1. The lowest BCUT2D eigenvalue weighted by Gasteiger charge is -2.09. The van der Waals surface area contributed by atoms with Crippen molar-refractivity contribution in [1.82, 2.24) is 4.98 Å². The SMILES string of the molecule is NCc1ccc(F)c(-c2cccc3ncccc23)c1. The molecule has 2 nitrogen and oxygen atoms in total. The number of hydrogen-bond donors (Lipinski definition) is 1. The summed E-state index contributed by atoms with van der Waals surface area (Å²) in [7, 11) is 0. The van der Waals surface area contributed by atoms with Gasteiger partial charge in [-0.3, -0.25) is 4.98 Å². The van der Waals surface area contributed by atoms with Crippen molar-refractivity contribution in [2.24, 2.45) is 5.73 Å². The van der Waals surface area contributed by atoms with Gasteiger partial charge in [-0.25, -0.2) is 4.39 Å². The topological polar surface area (TPSA) is 38.9 Å². The third kappa shape index (κ3) is 2.09. The van der Waals surface area contributed by atoms with Gasteiger partial charge >= 0.3 is 0 Å². The fourth-order valence-corrected chi connectivity index (χ4v) is 2.24. The normalized spacial score (nSPS) is 10.8. The second kappa shape index (κ2) is 4.78. The fraction of sp³-hybridized carbons (Fsp3) is 0.0625. The average molecular weight is 252 g/mol. The molecule has 0 amide bonds. The second-order valence-corrected chi connectivity index (χ2v) is 4.39. The third-order valence-corrected chi connectivity index (χ3v) is 3.20. The van der Waals surface area contributed by atoms with Crippen LogP contribution in [0.4, 0.5) is 4.39 Å². The predicted octanol–water partition coefficient (Wildman–Crippen LogP) is 3.50. The molecule has 2 aromatic carbocycles. The van der Waals surface area contributed by atoms with Gasteiger partial charge in [0.05, 0.1) is 5.52 Å². The largest absolute Gasteiger partial charge is 0.326 e. The van der Waals surface area contributed by atoms with Gasteiger partial charge in [0, 0.05) is 23.7 Å². The molecule has 3 heteroatoms. The van der Waals surface area contributed by atoms with Gasteiger partial charge in [-0.2, -0.15) is 0 Å². The lowest BCUT2D eigenvalue weighted by molar-refractivity contribution is 0.630. The van der Waals surface area contributed by atoms with Crippen molar-refractivity contribution in [2.75, 3.05) is 0 Å². The summed E-state index contributed by atoms with van der Waals surface area (Å²) >= 11 is 0. The maximum Gasteiger partial charge on any atom is 0.131 e. The second-order valence-electron chi connectivity index (χ2n) is 4.39. The lowest BCUT2D eigenvalue weighted by Crippen LogP contribution is -1.97. The minimum atomic E-state index is -0.242. The van der Waals surface area contributed by atoms with Crippen molar-refractivity contribution in [3.63, 3.8) is 0 Å². The molecule has 0 aliphatic rings. The molecule has 0 unspecified atom stereocenters. The maximum atomic E-state index is 14.1. The first-order valence-electron chi connectivity index (χ1n) is 6.12. The van der Waals surface area contributed by atoms with E-state index in [0.717, 1.165) is 22.0 Å². The minimum absolute atomic E-state index is 0.242. The van der Waals surface area contributed by atoms with Crippen LogP contribution in [0.15, 0.2) is 54.7 Å². The molecule has 3 aromatic rings. The molecule has 94 valence electrons. The number of halogens is 1. The Morgan fingerprint density at radius 2 is 1.89 bits per heavy atom. The Kier molecular flexibility index (Phi) is 2.97. The van der Waals surface area contributed by atoms with Gasteiger partial charge in [0.1, 0.15) is 5.82 Å². The molecule has 2 N–H and O–H groups in total. The highest BCUT2D eigenvalue weighted by molar-refractivity contribution is 5.94. The van der Waals surface area contributed by atoms with E-state index < -0.39 is 0 Å². The smallest absolute Gasteiger partial charge is 0.131 e. The number of aromatic nitrogens is 1. The van der Waals surface area contributed by atoms with E-state index in [-0.39, 0.29) is 5.82 Å². The monoisotopic (exact) mass is 252 g/mol. The van der Waals surface area contributed by atoms with E-state index in [9.17, 15) is 4.39 Å². The summed E-state index contributed by atoms with van der Waals surface area (Å²) < 4.78 is 14.1. The first kappa shape index (κ1) is 11.8. The Hall–Kier alpha value is -2.26. The molecule has 1 aromatic heterocycles. The summed E-state index contributed by atoms with van der Waals surface area (Å²) in [6, 6.07) is 14.5. The van der Waals surface area contributed by atoms with Crippen molar-refractivity contribution in [3.8, 4) is 11.1 Å². The molecule has 0 aliphatic heterocycles. The van der Waals surface area contributed by atoms with Gasteiger partial charge in [-0.05, 0) is 35.4 Å². The van der Waals surface area contributed by atoms with E-state index >= 15 is 0 Å². The molecule has 0 aliphatic carbocycles. The summed E-state index contributed by atoms with van der Waals surface area (Å²) in [6.07, 6.45) is 1.73. The third-order valence-electron chi connectivity index (χ3n) is 3.20. The highest BCUT2D eigenvalue weighted by Gasteiger charge is 2.09. The van der Waals surface area contributed by atoms with Crippen molar-refractivity contribution >= 4 is 10.9 Å². The molecule has 0 saturated carbocycles. The van der Waals surface area contributed by atoms with E-state index in [1.807, 2.05) is 30.3 Å². The van der Waals surface area contributed by atoms with Gasteiger partial charge in [-0.15, -0.1) is 0 Å². The summed E-state index contributed by atoms with van der Waals surface area (Å²) in [6.45, 7) is 0.399. The Morgan fingerprint density at radius 3 is 2.74 bits per heavy atom. The zero-order valence-electron chi connectivity index (χ0n) is 10.3. The van der Waals surface area contributed by atoms with E-state index in [4.69, 9.17) is 5.73 Å². The van der Waals surface area contributed by atoms with Gasteiger partial charge in [0.15, 0.2) is 0 Å². The Bertz CT molecular complexity index is 732. The van der Waals surface area contributed by atoms with Gasteiger partial charge < -0.3 is 5.73 Å². The number of hydrogen-bond acceptors (Lipinski definition) is 2. The molecular weight excluding hydrogens is 239 g/mol. The van der Waals surface area contributed by atoms with E-state index in [1.54, 1.807) is 18.3 Å². The maximum absolute atomic E-state index is 14.1. The van der Waals surface area contributed by atoms with Crippen LogP contribution in [0.2, 0.25) is 0 Å². The van der Waals surface area contributed by atoms with Crippen molar-refractivity contribution in [1.29, 1.82) is 0 Å². The van der Waals surface area contributed by atoms with Crippen molar-refractivity contribution in [2.45, 2.75) is 6.54 Å². The Balaban J connectivity index is 2.30. The highest BCUT2D eigenvalue weighted by Crippen LogP contribution is 2.30. The van der Waals surface area contributed by atoms with Gasteiger partial charge in [0.25, 0.3) is 0 Å². The Morgan fingerprint density at radius 1 is 1.00 bits per heavy atom. The summed E-state index contributed by atoms with van der Waals surface area (Å²) in [5, 5.41) is 0.943. The summed E-state index contributed by atoms with van der Waals surface area (Å²) in [5.41, 5.74) is 8.81. The molecule has 0 fully saturated rings. The van der Waals surface area contributed by atoms with Gasteiger partial charge in [0.2, 0.25) is 0 Å². The van der Waals surface area contributed by atoms with Crippen LogP contribution in [0.3, 0.4) is 0 Å². The van der Waals surface area contributed by atoms with Crippen LogP contribution < -0.4 is 5.73 Å². The van der Waals surface area contributed by atoms with Crippen molar-refractivity contribution < 1.29 is 4.39 Å². The van der Waals surface area contributed by atoms with Crippen LogP contribution in [-0.2, 0) is 6.54 Å². The minimum Gasteiger partial charge on any atom is -0.326 e. The number of rotatable bonds is 2. The number of benzene rings is 2. The predicted molar refractivity (Wildman–Crippen MR) is 75.0 cm³/mol. The van der Waals surface area contributed by atoms with Crippen LogP contribution >= 0.6 is 0 Å². The molecule has 3 rings (SSSR count). The van der Waals surface area contributed by atoms with Crippen molar-refractivity contribution in [3.05, 3.63) is 66.1 Å². The average Bonchev–Trinajstić information content (AvgIpc) is 2.47. The molecule has 0 bridgehead atoms. The first-order chi connectivity index (χ1) is 9.29.